The highest BCUT2D eigenvalue weighted by Gasteiger charge is 2.04. The van der Waals surface area contributed by atoms with Crippen molar-refractivity contribution in [1.82, 2.24) is 4.57 Å². The molecule has 0 aliphatic rings. The number of aryl methyl sites for hydroxylation is 1. The SMILES string of the molecule is C=Cn1c(C)ccc1-c1ccc(Cl)cc1. The topological polar surface area (TPSA) is 4.93 Å². The van der Waals surface area contributed by atoms with E-state index in [-0.39, 0.29) is 0 Å². The average molecular weight is 218 g/mol. The summed E-state index contributed by atoms with van der Waals surface area (Å²) in [4.78, 5) is 0. The normalized spacial score (nSPS) is 10.3. The van der Waals surface area contributed by atoms with Crippen molar-refractivity contribution in [2.24, 2.45) is 0 Å². The van der Waals surface area contributed by atoms with Gasteiger partial charge in [-0.3, -0.25) is 0 Å². The van der Waals surface area contributed by atoms with E-state index in [2.05, 4.69) is 30.2 Å². The minimum absolute atomic E-state index is 0.757. The number of aromatic nitrogens is 1. The fourth-order valence-electron chi connectivity index (χ4n) is 1.65. The van der Waals surface area contributed by atoms with Crippen LogP contribution in [0, 0.1) is 6.92 Å². The first-order valence-electron chi connectivity index (χ1n) is 4.78. The minimum atomic E-state index is 0.757. The molecule has 0 saturated heterocycles. The van der Waals surface area contributed by atoms with Crippen molar-refractivity contribution in [3.63, 3.8) is 0 Å². The Morgan fingerprint density at radius 3 is 2.40 bits per heavy atom. The quantitative estimate of drug-likeness (QED) is 0.710. The van der Waals surface area contributed by atoms with Crippen LogP contribution in [0.4, 0.5) is 0 Å². The number of halogens is 1. The van der Waals surface area contributed by atoms with E-state index in [9.17, 15) is 0 Å². The van der Waals surface area contributed by atoms with Gasteiger partial charge in [0.2, 0.25) is 0 Å². The molecule has 0 spiro atoms. The molecule has 0 N–H and O–H groups in total. The van der Waals surface area contributed by atoms with Crippen molar-refractivity contribution < 1.29 is 0 Å². The molecule has 0 bridgehead atoms. The Morgan fingerprint density at radius 1 is 1.13 bits per heavy atom. The van der Waals surface area contributed by atoms with Crippen molar-refractivity contribution in [3.05, 3.63) is 53.7 Å². The Labute approximate surface area is 94.6 Å². The fraction of sp³-hybridized carbons (Fsp3) is 0.0769. The lowest BCUT2D eigenvalue weighted by Gasteiger charge is -2.05. The lowest BCUT2D eigenvalue weighted by atomic mass is 10.1. The third-order valence-electron chi connectivity index (χ3n) is 2.44. The van der Waals surface area contributed by atoms with Gasteiger partial charge < -0.3 is 4.57 Å². The van der Waals surface area contributed by atoms with E-state index in [0.717, 1.165) is 16.3 Å². The van der Waals surface area contributed by atoms with Crippen molar-refractivity contribution >= 4 is 17.8 Å². The average Bonchev–Trinajstić information content (AvgIpc) is 2.61. The second kappa shape index (κ2) is 3.95. The predicted molar refractivity (Wildman–Crippen MR) is 66.0 cm³/mol. The van der Waals surface area contributed by atoms with Gasteiger partial charge in [0.25, 0.3) is 0 Å². The Kier molecular flexibility index (Phi) is 2.65. The third-order valence-corrected chi connectivity index (χ3v) is 2.70. The van der Waals surface area contributed by atoms with Crippen molar-refractivity contribution in [2.75, 3.05) is 0 Å². The first-order valence-corrected chi connectivity index (χ1v) is 5.16. The highest BCUT2D eigenvalue weighted by molar-refractivity contribution is 6.30. The van der Waals surface area contributed by atoms with E-state index in [1.165, 1.54) is 5.69 Å². The Bertz CT molecular complexity index is 480. The molecular formula is C13H12ClN. The molecule has 0 fully saturated rings. The summed E-state index contributed by atoms with van der Waals surface area (Å²) in [5.41, 5.74) is 3.46. The molecule has 15 heavy (non-hydrogen) atoms. The van der Waals surface area contributed by atoms with E-state index in [1.54, 1.807) is 0 Å². The van der Waals surface area contributed by atoms with Gasteiger partial charge in [0.1, 0.15) is 0 Å². The molecule has 0 unspecified atom stereocenters. The molecule has 0 aliphatic heterocycles. The van der Waals surface area contributed by atoms with Gasteiger partial charge >= 0.3 is 0 Å². The highest BCUT2D eigenvalue weighted by atomic mass is 35.5. The van der Waals surface area contributed by atoms with Gasteiger partial charge in [0.15, 0.2) is 0 Å². The summed E-state index contributed by atoms with van der Waals surface area (Å²) in [6.07, 6.45) is 1.82. The number of hydrogen-bond acceptors (Lipinski definition) is 0. The molecule has 1 aromatic carbocycles. The van der Waals surface area contributed by atoms with Crippen LogP contribution < -0.4 is 0 Å². The summed E-state index contributed by atoms with van der Waals surface area (Å²) in [6, 6.07) is 12.0. The largest absolute Gasteiger partial charge is 0.321 e. The van der Waals surface area contributed by atoms with Crippen molar-refractivity contribution in [2.45, 2.75) is 6.92 Å². The summed E-state index contributed by atoms with van der Waals surface area (Å²) in [5, 5.41) is 0.757. The van der Waals surface area contributed by atoms with Crippen LogP contribution >= 0.6 is 11.6 Å². The number of benzene rings is 1. The van der Waals surface area contributed by atoms with Crippen LogP contribution in [0.3, 0.4) is 0 Å². The van der Waals surface area contributed by atoms with E-state index in [0.29, 0.717) is 0 Å². The van der Waals surface area contributed by atoms with Gasteiger partial charge in [-0.2, -0.15) is 0 Å². The van der Waals surface area contributed by atoms with Gasteiger partial charge in [0.05, 0.1) is 5.69 Å². The summed E-state index contributed by atoms with van der Waals surface area (Å²) >= 11 is 5.85. The predicted octanol–water partition coefficient (Wildman–Crippen LogP) is 4.22. The monoisotopic (exact) mass is 217 g/mol. The van der Waals surface area contributed by atoms with Crippen LogP contribution in [0.25, 0.3) is 17.5 Å². The van der Waals surface area contributed by atoms with E-state index < -0.39 is 0 Å². The summed E-state index contributed by atoms with van der Waals surface area (Å²) in [6.45, 7) is 5.86. The molecule has 0 aliphatic carbocycles. The van der Waals surface area contributed by atoms with Gasteiger partial charge in [-0.05, 0) is 36.8 Å². The third kappa shape index (κ3) is 1.83. The van der Waals surface area contributed by atoms with E-state index in [1.807, 2.05) is 30.5 Å². The first kappa shape index (κ1) is 10.1. The van der Waals surface area contributed by atoms with Gasteiger partial charge in [-0.1, -0.05) is 30.3 Å². The van der Waals surface area contributed by atoms with Crippen molar-refractivity contribution in [1.29, 1.82) is 0 Å². The standard InChI is InChI=1S/C13H12ClN/c1-3-15-10(2)4-9-13(15)11-5-7-12(14)8-6-11/h3-9H,1H2,2H3. The second-order valence-electron chi connectivity index (χ2n) is 3.42. The molecule has 2 rings (SSSR count). The first-order chi connectivity index (χ1) is 7.22. The molecule has 76 valence electrons. The molecule has 1 aromatic heterocycles. The maximum absolute atomic E-state index is 5.85. The van der Waals surface area contributed by atoms with Crippen LogP contribution in [0.1, 0.15) is 5.69 Å². The summed E-state index contributed by atoms with van der Waals surface area (Å²) in [7, 11) is 0. The maximum atomic E-state index is 5.85. The molecule has 0 atom stereocenters. The lowest BCUT2D eigenvalue weighted by molar-refractivity contribution is 1.10. The zero-order valence-corrected chi connectivity index (χ0v) is 9.33. The highest BCUT2D eigenvalue weighted by Crippen LogP contribution is 2.24. The smallest absolute Gasteiger partial charge is 0.0524 e. The van der Waals surface area contributed by atoms with Gasteiger partial charge in [-0.15, -0.1) is 0 Å². The lowest BCUT2D eigenvalue weighted by Crippen LogP contribution is -1.91. The van der Waals surface area contributed by atoms with Crippen LogP contribution in [-0.2, 0) is 0 Å². The number of nitrogens with zero attached hydrogens (tertiary/aromatic N) is 1. The second-order valence-corrected chi connectivity index (χ2v) is 3.86. The summed E-state index contributed by atoms with van der Waals surface area (Å²) < 4.78 is 2.06. The summed E-state index contributed by atoms with van der Waals surface area (Å²) in [5.74, 6) is 0. The Hall–Kier alpha value is -1.47. The molecule has 0 saturated carbocycles. The molecular weight excluding hydrogens is 206 g/mol. The molecule has 1 heterocycles. The zero-order chi connectivity index (χ0) is 10.8. The molecule has 2 aromatic rings. The Morgan fingerprint density at radius 2 is 1.80 bits per heavy atom. The molecule has 0 radical (unpaired) electrons. The number of rotatable bonds is 2. The maximum Gasteiger partial charge on any atom is 0.0524 e. The zero-order valence-electron chi connectivity index (χ0n) is 8.57. The van der Waals surface area contributed by atoms with Crippen LogP contribution in [-0.4, -0.2) is 4.57 Å². The van der Waals surface area contributed by atoms with Crippen LogP contribution in [0.2, 0.25) is 5.02 Å². The van der Waals surface area contributed by atoms with Gasteiger partial charge in [-0.25, -0.2) is 0 Å². The molecule has 0 amide bonds. The fourth-order valence-corrected chi connectivity index (χ4v) is 1.77. The van der Waals surface area contributed by atoms with E-state index >= 15 is 0 Å². The molecule has 1 nitrogen and oxygen atoms in total. The number of hydrogen-bond donors (Lipinski definition) is 0. The molecule has 2 heteroatoms. The Balaban J connectivity index is 2.53. The van der Waals surface area contributed by atoms with E-state index in [4.69, 9.17) is 11.6 Å². The van der Waals surface area contributed by atoms with Crippen molar-refractivity contribution in [3.8, 4) is 11.3 Å². The van der Waals surface area contributed by atoms with Gasteiger partial charge in [0, 0.05) is 16.9 Å². The van der Waals surface area contributed by atoms with Crippen LogP contribution in [0.15, 0.2) is 43.0 Å². The minimum Gasteiger partial charge on any atom is -0.321 e. The van der Waals surface area contributed by atoms with Crippen LogP contribution in [0.5, 0.6) is 0 Å².